The summed E-state index contributed by atoms with van der Waals surface area (Å²) < 4.78 is 5.36. The Kier molecular flexibility index (Phi) is 6.38. The topological polar surface area (TPSA) is 55.4 Å². The molecule has 1 atom stereocenters. The average molecular weight is 346 g/mol. The van der Waals surface area contributed by atoms with Crippen molar-refractivity contribution in [3.63, 3.8) is 0 Å². The van der Waals surface area contributed by atoms with Crippen LogP contribution in [0.3, 0.4) is 0 Å². The lowest BCUT2D eigenvalue weighted by Crippen LogP contribution is -2.43. The molecule has 0 aliphatic heterocycles. The van der Waals surface area contributed by atoms with Gasteiger partial charge in [-0.25, -0.2) is 4.79 Å². The SMILES string of the molecule is CC(C)C[C@H](NC(=O)c1ccc(Cl)cc1)C(=O)Oc1ccccc1. The Morgan fingerprint density at radius 1 is 1.04 bits per heavy atom. The second-order valence-corrected chi connectivity index (χ2v) is 6.33. The molecular weight excluding hydrogens is 326 g/mol. The third kappa shape index (κ3) is 5.39. The highest BCUT2D eigenvalue weighted by Gasteiger charge is 2.24. The molecule has 2 aromatic carbocycles. The molecule has 5 heteroatoms. The molecule has 0 saturated heterocycles. The minimum Gasteiger partial charge on any atom is -0.425 e. The van der Waals surface area contributed by atoms with E-state index in [1.807, 2.05) is 19.9 Å². The van der Waals surface area contributed by atoms with E-state index < -0.39 is 12.0 Å². The van der Waals surface area contributed by atoms with Gasteiger partial charge in [0.25, 0.3) is 5.91 Å². The van der Waals surface area contributed by atoms with Crippen molar-refractivity contribution >= 4 is 23.5 Å². The predicted molar refractivity (Wildman–Crippen MR) is 94.2 cm³/mol. The minimum atomic E-state index is -0.714. The van der Waals surface area contributed by atoms with Crippen molar-refractivity contribution in [3.05, 3.63) is 65.2 Å². The molecule has 0 aromatic heterocycles. The summed E-state index contributed by atoms with van der Waals surface area (Å²) in [5.41, 5.74) is 0.445. The Balaban J connectivity index is 2.08. The van der Waals surface area contributed by atoms with Crippen LogP contribution in [0, 0.1) is 5.92 Å². The van der Waals surface area contributed by atoms with Crippen LogP contribution < -0.4 is 10.1 Å². The van der Waals surface area contributed by atoms with Crippen molar-refractivity contribution in [2.24, 2.45) is 5.92 Å². The molecule has 2 rings (SSSR count). The van der Waals surface area contributed by atoms with E-state index in [1.54, 1.807) is 48.5 Å². The first kappa shape index (κ1) is 18.0. The zero-order chi connectivity index (χ0) is 17.5. The van der Waals surface area contributed by atoms with Crippen molar-refractivity contribution in [2.45, 2.75) is 26.3 Å². The van der Waals surface area contributed by atoms with E-state index in [2.05, 4.69) is 5.32 Å². The fraction of sp³-hybridized carbons (Fsp3) is 0.263. The fourth-order valence-electron chi connectivity index (χ4n) is 2.20. The van der Waals surface area contributed by atoms with Gasteiger partial charge in [-0.2, -0.15) is 0 Å². The van der Waals surface area contributed by atoms with Gasteiger partial charge in [-0.15, -0.1) is 0 Å². The number of carbonyl (C=O) groups excluding carboxylic acids is 2. The van der Waals surface area contributed by atoms with E-state index in [0.29, 0.717) is 22.8 Å². The molecular formula is C19H20ClNO3. The van der Waals surface area contributed by atoms with Crippen LogP contribution in [0.15, 0.2) is 54.6 Å². The fourth-order valence-corrected chi connectivity index (χ4v) is 2.33. The van der Waals surface area contributed by atoms with Gasteiger partial charge in [-0.05, 0) is 48.7 Å². The van der Waals surface area contributed by atoms with E-state index in [0.717, 1.165) is 0 Å². The van der Waals surface area contributed by atoms with Gasteiger partial charge in [0.1, 0.15) is 11.8 Å². The number of esters is 1. The standard InChI is InChI=1S/C19H20ClNO3/c1-13(2)12-17(19(23)24-16-6-4-3-5-7-16)21-18(22)14-8-10-15(20)11-9-14/h3-11,13,17H,12H2,1-2H3,(H,21,22)/t17-/m0/s1. The van der Waals surface area contributed by atoms with Gasteiger partial charge in [0.2, 0.25) is 0 Å². The van der Waals surface area contributed by atoms with E-state index >= 15 is 0 Å². The molecule has 0 spiro atoms. The maximum absolute atomic E-state index is 12.4. The summed E-state index contributed by atoms with van der Waals surface area (Å²) in [5.74, 6) is -0.125. The van der Waals surface area contributed by atoms with Crippen LogP contribution in [0.2, 0.25) is 5.02 Å². The van der Waals surface area contributed by atoms with Gasteiger partial charge in [0.05, 0.1) is 0 Å². The van der Waals surface area contributed by atoms with Crippen molar-refractivity contribution in [1.29, 1.82) is 0 Å². The monoisotopic (exact) mass is 345 g/mol. The highest BCUT2D eigenvalue weighted by atomic mass is 35.5. The number of ether oxygens (including phenoxy) is 1. The van der Waals surface area contributed by atoms with Gasteiger partial charge in [0, 0.05) is 10.6 Å². The van der Waals surface area contributed by atoms with Crippen LogP contribution in [0.4, 0.5) is 0 Å². The third-order valence-electron chi connectivity index (χ3n) is 3.37. The molecule has 0 bridgehead atoms. The highest BCUT2D eigenvalue weighted by molar-refractivity contribution is 6.30. The van der Waals surface area contributed by atoms with Crippen molar-refractivity contribution in [2.75, 3.05) is 0 Å². The van der Waals surface area contributed by atoms with Gasteiger partial charge in [-0.3, -0.25) is 4.79 Å². The maximum atomic E-state index is 12.4. The zero-order valence-corrected chi connectivity index (χ0v) is 14.4. The second kappa shape index (κ2) is 8.50. The quantitative estimate of drug-likeness (QED) is 0.633. The second-order valence-electron chi connectivity index (χ2n) is 5.90. The molecule has 24 heavy (non-hydrogen) atoms. The lowest BCUT2D eigenvalue weighted by Gasteiger charge is -2.19. The Morgan fingerprint density at radius 3 is 2.25 bits per heavy atom. The van der Waals surface area contributed by atoms with Crippen molar-refractivity contribution < 1.29 is 14.3 Å². The molecule has 0 fully saturated rings. The average Bonchev–Trinajstić information content (AvgIpc) is 2.55. The first-order chi connectivity index (χ1) is 11.5. The molecule has 0 radical (unpaired) electrons. The van der Waals surface area contributed by atoms with Crippen LogP contribution in [-0.2, 0) is 4.79 Å². The van der Waals surface area contributed by atoms with Gasteiger partial charge in [-0.1, -0.05) is 43.6 Å². The van der Waals surface area contributed by atoms with E-state index in [9.17, 15) is 9.59 Å². The van der Waals surface area contributed by atoms with Crippen molar-refractivity contribution in [1.82, 2.24) is 5.32 Å². The van der Waals surface area contributed by atoms with Gasteiger partial charge in [0.15, 0.2) is 0 Å². The largest absolute Gasteiger partial charge is 0.425 e. The normalized spacial score (nSPS) is 11.8. The summed E-state index contributed by atoms with van der Waals surface area (Å²) in [6.07, 6.45) is 0.491. The number of nitrogens with one attached hydrogen (secondary N) is 1. The van der Waals surface area contributed by atoms with Crippen LogP contribution in [-0.4, -0.2) is 17.9 Å². The number of benzene rings is 2. The Bertz CT molecular complexity index is 684. The number of carbonyl (C=O) groups is 2. The molecule has 126 valence electrons. The van der Waals surface area contributed by atoms with Gasteiger partial charge >= 0.3 is 5.97 Å². The molecule has 1 N–H and O–H groups in total. The molecule has 4 nitrogen and oxygen atoms in total. The molecule has 0 saturated carbocycles. The molecule has 0 aliphatic rings. The number of rotatable bonds is 6. The molecule has 2 aromatic rings. The Hall–Kier alpha value is -2.33. The third-order valence-corrected chi connectivity index (χ3v) is 3.62. The summed E-state index contributed by atoms with van der Waals surface area (Å²) in [5, 5.41) is 3.30. The lowest BCUT2D eigenvalue weighted by atomic mass is 10.0. The summed E-state index contributed by atoms with van der Waals surface area (Å²) in [7, 11) is 0. The predicted octanol–water partition coefficient (Wildman–Crippen LogP) is 4.09. The Labute approximate surface area is 146 Å². The Morgan fingerprint density at radius 2 is 1.67 bits per heavy atom. The molecule has 1 amide bonds. The summed E-state index contributed by atoms with van der Waals surface area (Å²) in [6, 6.07) is 14.6. The first-order valence-electron chi connectivity index (χ1n) is 7.79. The van der Waals surface area contributed by atoms with E-state index in [-0.39, 0.29) is 11.8 Å². The zero-order valence-electron chi connectivity index (χ0n) is 13.7. The number of para-hydroxylation sites is 1. The molecule has 0 aliphatic carbocycles. The number of halogens is 1. The number of hydrogen-bond donors (Lipinski definition) is 1. The number of hydrogen-bond acceptors (Lipinski definition) is 3. The summed E-state index contributed by atoms with van der Waals surface area (Å²) >= 11 is 5.83. The van der Waals surface area contributed by atoms with Crippen LogP contribution >= 0.6 is 11.6 Å². The van der Waals surface area contributed by atoms with E-state index in [1.165, 1.54) is 0 Å². The van der Waals surface area contributed by atoms with Crippen LogP contribution in [0.5, 0.6) is 5.75 Å². The van der Waals surface area contributed by atoms with Crippen LogP contribution in [0.1, 0.15) is 30.6 Å². The smallest absolute Gasteiger partial charge is 0.334 e. The maximum Gasteiger partial charge on any atom is 0.334 e. The number of amides is 1. The minimum absolute atomic E-state index is 0.226. The first-order valence-corrected chi connectivity index (χ1v) is 8.16. The lowest BCUT2D eigenvalue weighted by molar-refractivity contribution is -0.137. The molecule has 0 heterocycles. The summed E-state index contributed by atoms with van der Waals surface area (Å²) in [4.78, 5) is 24.8. The molecule has 0 unspecified atom stereocenters. The van der Waals surface area contributed by atoms with Gasteiger partial charge < -0.3 is 10.1 Å². The van der Waals surface area contributed by atoms with E-state index in [4.69, 9.17) is 16.3 Å². The van der Waals surface area contributed by atoms with Crippen molar-refractivity contribution in [3.8, 4) is 5.75 Å². The van der Waals surface area contributed by atoms with Crippen LogP contribution in [0.25, 0.3) is 0 Å². The summed E-state index contributed by atoms with van der Waals surface area (Å²) in [6.45, 7) is 3.97. The highest BCUT2D eigenvalue weighted by Crippen LogP contribution is 2.14.